The average molecular weight is 545 g/mol. The van der Waals surface area contributed by atoms with Crippen molar-refractivity contribution in [3.8, 4) is 0 Å². The maximum atomic E-state index is 2.89. The van der Waals surface area contributed by atoms with Crippen molar-refractivity contribution >= 4 is 26.7 Å². The molecular formula is C30H25IS. The van der Waals surface area contributed by atoms with Crippen LogP contribution in [0.25, 0.3) is 0 Å². The molecule has 0 atom stereocenters. The monoisotopic (exact) mass is 544 g/mol. The maximum absolute atomic E-state index is 3.77. The molecular weight excluding hydrogens is 519 g/mol. The summed E-state index contributed by atoms with van der Waals surface area (Å²) in [6, 6.07) is 55.4. The van der Waals surface area contributed by atoms with Crippen molar-refractivity contribution in [3.63, 3.8) is 0 Å². The molecule has 0 saturated heterocycles. The Kier molecular flexibility index (Phi) is 5.03. The molecule has 0 nitrogen and oxygen atoms in total. The molecule has 0 heterocycles. The van der Waals surface area contributed by atoms with Crippen molar-refractivity contribution in [1.82, 2.24) is 0 Å². The van der Waals surface area contributed by atoms with E-state index < -0.39 is 5.47 Å². The van der Waals surface area contributed by atoms with E-state index in [1.807, 2.05) is 0 Å². The van der Waals surface area contributed by atoms with Gasteiger partial charge in [0.05, 0.1) is 0 Å². The average Bonchev–Trinajstić information content (AvgIpc) is 2.91. The molecule has 158 valence electrons. The molecule has 0 aliphatic carbocycles. The van der Waals surface area contributed by atoms with E-state index in [1.54, 1.807) is 0 Å². The van der Waals surface area contributed by atoms with Crippen molar-refractivity contribution in [1.29, 1.82) is 0 Å². The van der Waals surface area contributed by atoms with E-state index in [2.05, 4.69) is 173 Å². The van der Waals surface area contributed by atoms with E-state index in [0.717, 1.165) is 0 Å². The van der Waals surface area contributed by atoms with Gasteiger partial charge in [0.25, 0.3) is 0 Å². The minimum atomic E-state index is -3.77. The summed E-state index contributed by atoms with van der Waals surface area (Å²) in [5.41, 5.74) is -3.77. The third-order valence-corrected chi connectivity index (χ3v) is 21.1. The van der Waals surface area contributed by atoms with Crippen LogP contribution >= 0.6 is 26.7 Å². The molecule has 32 heavy (non-hydrogen) atoms. The predicted octanol–water partition coefficient (Wildman–Crippen LogP) is 9.51. The van der Waals surface area contributed by atoms with Crippen LogP contribution in [-0.2, 0) is 0 Å². The Morgan fingerprint density at radius 1 is 0.281 bits per heavy atom. The van der Waals surface area contributed by atoms with Crippen LogP contribution in [0.5, 0.6) is 0 Å². The van der Waals surface area contributed by atoms with Crippen LogP contribution in [0.2, 0.25) is 0 Å². The fraction of sp³-hybridized carbons (Fsp3) is 0. The molecule has 2 heteroatoms. The fourth-order valence-electron chi connectivity index (χ4n) is 5.08. The number of benzene rings is 5. The van der Waals surface area contributed by atoms with Gasteiger partial charge in [-0.3, -0.25) is 0 Å². The highest BCUT2D eigenvalue weighted by atomic mass is 127. The lowest BCUT2D eigenvalue weighted by Gasteiger charge is -2.76. The van der Waals surface area contributed by atoms with Crippen molar-refractivity contribution in [2.24, 2.45) is 0 Å². The summed E-state index contributed by atoms with van der Waals surface area (Å²) in [4.78, 5) is 6.54. The molecule has 5 aromatic carbocycles. The van der Waals surface area contributed by atoms with E-state index in [-0.39, 0.29) is 0 Å². The fourth-order valence-corrected chi connectivity index (χ4v) is 16.2. The first-order valence-corrected chi connectivity index (χ1v) is 15.7. The topological polar surface area (TPSA) is 0 Å². The van der Waals surface area contributed by atoms with Gasteiger partial charge in [-0.2, -0.15) is 0 Å². The summed E-state index contributed by atoms with van der Waals surface area (Å²) in [5.74, 6) is 0. The molecule has 0 N–H and O–H groups in total. The highest BCUT2D eigenvalue weighted by Gasteiger charge is 2.65. The first-order chi connectivity index (χ1) is 15.7. The molecule has 0 fully saturated rings. The Bertz CT molecular complexity index is 1080. The summed E-state index contributed by atoms with van der Waals surface area (Å²) in [5, 5.41) is 0. The first-order valence-electron chi connectivity index (χ1n) is 10.7. The van der Waals surface area contributed by atoms with Crippen molar-refractivity contribution in [2.75, 3.05) is 0 Å². The highest BCUT2D eigenvalue weighted by molar-refractivity contribution is 14.2. The van der Waals surface area contributed by atoms with Crippen LogP contribution in [0.1, 0.15) is 0 Å². The zero-order chi connectivity index (χ0) is 22.0. The quantitative estimate of drug-likeness (QED) is 0.193. The van der Waals surface area contributed by atoms with Crippen LogP contribution in [0, 0.1) is 0 Å². The lowest BCUT2D eigenvalue weighted by atomic mass is 10.3. The van der Waals surface area contributed by atoms with E-state index in [9.17, 15) is 0 Å². The number of hydrogen-bond acceptors (Lipinski definition) is 0. The van der Waals surface area contributed by atoms with Crippen LogP contribution < -0.4 is 0 Å². The molecule has 5 rings (SSSR count). The van der Waals surface area contributed by atoms with Crippen LogP contribution in [0.15, 0.2) is 176 Å². The van der Waals surface area contributed by atoms with Gasteiger partial charge in [0.15, 0.2) is 0 Å². The molecule has 0 radical (unpaired) electrons. The first kappa shape index (κ1) is 21.0. The predicted molar refractivity (Wildman–Crippen MR) is 145 cm³/mol. The second-order valence-corrected chi connectivity index (χ2v) is 19.7. The van der Waals surface area contributed by atoms with Gasteiger partial charge in [0, 0.05) is 0 Å². The molecule has 0 aromatic heterocycles. The standard InChI is InChI=1S/C30H25IS/c31-32(26-16-6-1-7-17-26,27-18-8-2-9-19-27,28-20-10-3-11-21-28,29-22-12-4-13-23-29)30-24-14-5-15-25-30/h1-25H. The molecule has 0 aliphatic heterocycles. The van der Waals surface area contributed by atoms with Crippen molar-refractivity contribution in [2.45, 2.75) is 24.5 Å². The number of rotatable bonds is 5. The van der Waals surface area contributed by atoms with Crippen molar-refractivity contribution in [3.05, 3.63) is 152 Å². The molecule has 0 bridgehead atoms. The molecule has 0 unspecified atom stereocenters. The Balaban J connectivity index is 2.23. The Labute approximate surface area is 201 Å². The molecule has 0 saturated carbocycles. The largest absolute Gasteiger partial charge is 0.128 e. The smallest absolute Gasteiger partial charge is 0.000471 e. The maximum Gasteiger partial charge on any atom is -0.000471 e. The van der Waals surface area contributed by atoms with Gasteiger partial charge < -0.3 is 0 Å². The van der Waals surface area contributed by atoms with Gasteiger partial charge in [-0.25, -0.2) is 0 Å². The van der Waals surface area contributed by atoms with E-state index in [4.69, 9.17) is 0 Å². The molecule has 0 spiro atoms. The minimum absolute atomic E-state index is 1.31. The molecule has 5 aromatic rings. The lowest BCUT2D eigenvalue weighted by molar-refractivity contribution is 1.14. The number of halogens is 1. The minimum Gasteiger partial charge on any atom is -0.128 e. The highest BCUT2D eigenvalue weighted by Crippen LogP contribution is 3.14. The normalized spacial score (nSPS) is 13.7. The van der Waals surface area contributed by atoms with E-state index in [0.29, 0.717) is 0 Å². The van der Waals surface area contributed by atoms with Gasteiger partial charge in [-0.05, 0) is 106 Å². The lowest BCUT2D eigenvalue weighted by Crippen LogP contribution is -2.32. The summed E-state index contributed by atoms with van der Waals surface area (Å²) in [6.45, 7) is 0. The summed E-state index contributed by atoms with van der Waals surface area (Å²) >= 11 is 2.89. The van der Waals surface area contributed by atoms with Crippen LogP contribution in [-0.4, -0.2) is 0 Å². The Morgan fingerprint density at radius 3 is 0.594 bits per heavy atom. The zero-order valence-corrected chi connectivity index (χ0v) is 20.7. The van der Waals surface area contributed by atoms with E-state index in [1.165, 1.54) is 24.5 Å². The summed E-state index contributed by atoms with van der Waals surface area (Å²) < 4.78 is 0. The van der Waals surface area contributed by atoms with Gasteiger partial charge in [-0.1, -0.05) is 91.0 Å². The van der Waals surface area contributed by atoms with Gasteiger partial charge in [0.2, 0.25) is 0 Å². The van der Waals surface area contributed by atoms with E-state index >= 15 is 0 Å². The van der Waals surface area contributed by atoms with Gasteiger partial charge in [0.1, 0.15) is 0 Å². The SMILES string of the molecule is IS(c1ccccc1)(c1ccccc1)(c1ccccc1)(c1ccccc1)c1ccccc1. The Morgan fingerprint density at radius 2 is 0.438 bits per heavy atom. The van der Waals surface area contributed by atoms with Crippen molar-refractivity contribution < 1.29 is 0 Å². The third kappa shape index (κ3) is 2.45. The third-order valence-electron chi connectivity index (χ3n) is 6.52. The molecule has 0 aliphatic rings. The number of hydrogen-bond donors (Lipinski definition) is 0. The van der Waals surface area contributed by atoms with Gasteiger partial charge >= 0.3 is 0 Å². The van der Waals surface area contributed by atoms with Crippen LogP contribution in [0.3, 0.4) is 0 Å². The Hall–Kier alpha value is -2.82. The zero-order valence-electron chi connectivity index (χ0n) is 17.7. The molecule has 0 amide bonds. The summed E-state index contributed by atoms with van der Waals surface area (Å²) in [6.07, 6.45) is 0. The van der Waals surface area contributed by atoms with Gasteiger partial charge in [-0.15, -0.1) is 5.47 Å². The summed E-state index contributed by atoms with van der Waals surface area (Å²) in [7, 11) is 0. The van der Waals surface area contributed by atoms with Crippen LogP contribution in [0.4, 0.5) is 0 Å². The second-order valence-electron chi connectivity index (χ2n) is 7.97. The second kappa shape index (κ2) is 7.65.